The van der Waals surface area contributed by atoms with Gasteiger partial charge in [-0.3, -0.25) is 0 Å². The summed E-state index contributed by atoms with van der Waals surface area (Å²) in [4.78, 5) is 2.71. The molecule has 1 aromatic carbocycles. The van der Waals surface area contributed by atoms with Gasteiger partial charge < -0.3 is 15.7 Å². The minimum atomic E-state index is 0.179. The third kappa shape index (κ3) is 3.25. The van der Waals surface area contributed by atoms with Crippen LogP contribution in [0, 0.1) is 6.92 Å². The first kappa shape index (κ1) is 14.3. The Morgan fingerprint density at radius 2 is 2.21 bits per heavy atom. The predicted octanol–water partition coefficient (Wildman–Crippen LogP) is 2.37. The van der Waals surface area contributed by atoms with Gasteiger partial charge in [0.25, 0.3) is 0 Å². The standard InChI is InChI=1S/C15H22N2OS/c1-11-6-7-14(13(9-11)15(16)19)17-8-4-2-3-5-12(17)10-18/h6-7,9,12,18H,2-5,8,10H2,1H3,(H2,16,19). The van der Waals surface area contributed by atoms with Crippen molar-refractivity contribution in [3.05, 3.63) is 29.3 Å². The zero-order chi connectivity index (χ0) is 13.8. The van der Waals surface area contributed by atoms with Crippen LogP contribution >= 0.6 is 12.2 Å². The van der Waals surface area contributed by atoms with Gasteiger partial charge in [0.1, 0.15) is 4.99 Å². The molecular weight excluding hydrogens is 256 g/mol. The van der Waals surface area contributed by atoms with Crippen molar-refractivity contribution in [3.8, 4) is 0 Å². The van der Waals surface area contributed by atoms with E-state index >= 15 is 0 Å². The van der Waals surface area contributed by atoms with Gasteiger partial charge in [-0.15, -0.1) is 0 Å². The van der Waals surface area contributed by atoms with Crippen LogP contribution < -0.4 is 10.6 Å². The summed E-state index contributed by atoms with van der Waals surface area (Å²) in [6, 6.07) is 6.38. The predicted molar refractivity (Wildman–Crippen MR) is 83.8 cm³/mol. The Hall–Kier alpha value is -1.13. The number of anilines is 1. The number of nitrogens with zero attached hydrogens (tertiary/aromatic N) is 1. The average Bonchev–Trinajstić information content (AvgIpc) is 2.63. The Balaban J connectivity index is 2.40. The highest BCUT2D eigenvalue weighted by atomic mass is 32.1. The van der Waals surface area contributed by atoms with Gasteiger partial charge in [0, 0.05) is 17.8 Å². The molecule has 1 aromatic rings. The lowest BCUT2D eigenvalue weighted by molar-refractivity contribution is 0.255. The van der Waals surface area contributed by atoms with E-state index in [-0.39, 0.29) is 12.6 Å². The van der Waals surface area contributed by atoms with Crippen LogP contribution in [-0.2, 0) is 0 Å². The zero-order valence-corrected chi connectivity index (χ0v) is 12.2. The number of nitrogens with two attached hydrogens (primary N) is 1. The Kier molecular flexibility index (Phi) is 4.77. The maximum Gasteiger partial charge on any atom is 0.106 e. The van der Waals surface area contributed by atoms with Crippen molar-refractivity contribution < 1.29 is 5.11 Å². The Morgan fingerprint density at radius 3 is 2.89 bits per heavy atom. The van der Waals surface area contributed by atoms with Crippen LogP contribution in [0.25, 0.3) is 0 Å². The summed E-state index contributed by atoms with van der Waals surface area (Å²) in [6.45, 7) is 3.19. The highest BCUT2D eigenvalue weighted by Gasteiger charge is 2.23. The molecule has 0 aromatic heterocycles. The first-order valence-electron chi connectivity index (χ1n) is 6.91. The first-order chi connectivity index (χ1) is 9.13. The van der Waals surface area contributed by atoms with Crippen molar-refractivity contribution in [2.24, 2.45) is 5.73 Å². The molecule has 0 aliphatic carbocycles. The van der Waals surface area contributed by atoms with Gasteiger partial charge in [-0.05, 0) is 31.9 Å². The van der Waals surface area contributed by atoms with Gasteiger partial charge in [0.2, 0.25) is 0 Å². The van der Waals surface area contributed by atoms with E-state index in [4.69, 9.17) is 18.0 Å². The molecule has 3 nitrogen and oxygen atoms in total. The van der Waals surface area contributed by atoms with E-state index in [0.717, 1.165) is 36.2 Å². The number of thiocarbonyl (C=S) groups is 1. The number of aryl methyl sites for hydroxylation is 1. The van der Waals surface area contributed by atoms with Crippen molar-refractivity contribution in [2.75, 3.05) is 18.1 Å². The number of aliphatic hydroxyl groups is 1. The second-order valence-corrected chi connectivity index (χ2v) is 5.70. The molecule has 0 spiro atoms. The number of aliphatic hydroxyl groups excluding tert-OH is 1. The summed E-state index contributed by atoms with van der Waals surface area (Å²) in [5.74, 6) is 0. The van der Waals surface area contributed by atoms with Gasteiger partial charge in [-0.2, -0.15) is 0 Å². The van der Waals surface area contributed by atoms with E-state index in [1.54, 1.807) is 0 Å². The Labute approximate surface area is 120 Å². The molecule has 1 fully saturated rings. The summed E-state index contributed by atoms with van der Waals surface area (Å²) >= 11 is 5.18. The summed E-state index contributed by atoms with van der Waals surface area (Å²) in [5, 5.41) is 9.63. The zero-order valence-electron chi connectivity index (χ0n) is 11.4. The lowest BCUT2D eigenvalue weighted by atomic mass is 10.1. The number of hydrogen-bond donors (Lipinski definition) is 2. The van der Waals surface area contributed by atoms with Crippen LogP contribution in [0.3, 0.4) is 0 Å². The minimum absolute atomic E-state index is 0.179. The van der Waals surface area contributed by atoms with Gasteiger partial charge in [-0.25, -0.2) is 0 Å². The quantitative estimate of drug-likeness (QED) is 0.834. The van der Waals surface area contributed by atoms with Gasteiger partial charge in [0.05, 0.1) is 12.6 Å². The van der Waals surface area contributed by atoms with E-state index in [9.17, 15) is 5.11 Å². The molecule has 1 saturated heterocycles. The molecular formula is C15H22N2OS. The topological polar surface area (TPSA) is 49.5 Å². The van der Waals surface area contributed by atoms with E-state index in [1.807, 2.05) is 13.0 Å². The van der Waals surface area contributed by atoms with Crippen LogP contribution in [0.2, 0.25) is 0 Å². The Bertz CT molecular complexity index is 461. The maximum absolute atomic E-state index is 9.63. The summed E-state index contributed by atoms with van der Waals surface area (Å²) in [6.07, 6.45) is 4.58. The highest BCUT2D eigenvalue weighted by molar-refractivity contribution is 7.80. The largest absolute Gasteiger partial charge is 0.394 e. The van der Waals surface area contributed by atoms with Crippen LogP contribution in [-0.4, -0.2) is 29.3 Å². The molecule has 19 heavy (non-hydrogen) atoms. The van der Waals surface area contributed by atoms with Crippen molar-refractivity contribution in [1.82, 2.24) is 0 Å². The molecule has 0 radical (unpaired) electrons. The van der Waals surface area contributed by atoms with Crippen molar-refractivity contribution in [1.29, 1.82) is 0 Å². The fraction of sp³-hybridized carbons (Fsp3) is 0.533. The van der Waals surface area contributed by atoms with Gasteiger partial charge in [0.15, 0.2) is 0 Å². The van der Waals surface area contributed by atoms with Crippen molar-refractivity contribution in [3.63, 3.8) is 0 Å². The highest BCUT2D eigenvalue weighted by Crippen LogP contribution is 2.28. The SMILES string of the molecule is Cc1ccc(N2CCCCCC2CO)c(C(N)=S)c1. The molecule has 104 valence electrons. The minimum Gasteiger partial charge on any atom is -0.394 e. The number of rotatable bonds is 3. The van der Waals surface area contributed by atoms with Crippen molar-refractivity contribution >= 4 is 22.9 Å². The molecule has 1 aliphatic rings. The monoisotopic (exact) mass is 278 g/mol. The molecule has 1 atom stereocenters. The van der Waals surface area contributed by atoms with Crippen LogP contribution in [0.15, 0.2) is 18.2 Å². The van der Waals surface area contributed by atoms with Crippen molar-refractivity contribution in [2.45, 2.75) is 38.6 Å². The summed E-state index contributed by atoms with van der Waals surface area (Å²) in [7, 11) is 0. The Morgan fingerprint density at radius 1 is 1.42 bits per heavy atom. The molecule has 2 rings (SSSR count). The molecule has 0 saturated carbocycles. The summed E-state index contributed by atoms with van der Waals surface area (Å²) < 4.78 is 0. The van der Waals surface area contributed by atoms with E-state index in [1.165, 1.54) is 12.8 Å². The molecule has 4 heteroatoms. The van der Waals surface area contributed by atoms with Crippen LogP contribution in [0.1, 0.15) is 36.8 Å². The van der Waals surface area contributed by atoms with E-state index in [2.05, 4.69) is 17.0 Å². The lowest BCUT2D eigenvalue weighted by Gasteiger charge is -2.32. The molecule has 1 aliphatic heterocycles. The number of benzene rings is 1. The van der Waals surface area contributed by atoms with E-state index in [0.29, 0.717) is 4.99 Å². The second kappa shape index (κ2) is 6.35. The third-order valence-corrected chi connectivity index (χ3v) is 4.03. The molecule has 3 N–H and O–H groups in total. The fourth-order valence-electron chi connectivity index (χ4n) is 2.78. The maximum atomic E-state index is 9.63. The van der Waals surface area contributed by atoms with Crippen LogP contribution in [0.5, 0.6) is 0 Å². The van der Waals surface area contributed by atoms with E-state index < -0.39 is 0 Å². The normalized spacial score (nSPS) is 20.1. The average molecular weight is 278 g/mol. The first-order valence-corrected chi connectivity index (χ1v) is 7.32. The van der Waals surface area contributed by atoms with Gasteiger partial charge in [-0.1, -0.05) is 36.7 Å². The molecule has 0 amide bonds. The summed E-state index contributed by atoms with van der Waals surface area (Å²) in [5.41, 5.74) is 9.01. The molecule has 1 heterocycles. The second-order valence-electron chi connectivity index (χ2n) is 5.26. The third-order valence-electron chi connectivity index (χ3n) is 3.81. The fourth-order valence-corrected chi connectivity index (χ4v) is 2.95. The molecule has 1 unspecified atom stereocenters. The van der Waals surface area contributed by atoms with Gasteiger partial charge >= 0.3 is 0 Å². The molecule has 0 bridgehead atoms. The van der Waals surface area contributed by atoms with Crippen LogP contribution in [0.4, 0.5) is 5.69 Å². The lowest BCUT2D eigenvalue weighted by Crippen LogP contribution is -2.38. The number of hydrogen-bond acceptors (Lipinski definition) is 3. The smallest absolute Gasteiger partial charge is 0.106 e.